The molecule has 8 amide bonds. The van der Waals surface area contributed by atoms with Crippen LogP contribution in [0, 0.1) is 0 Å². The number of benzene rings is 3. The molecule has 1 heterocycles. The van der Waals surface area contributed by atoms with Crippen molar-refractivity contribution in [1.82, 2.24) is 42.2 Å². The predicted molar refractivity (Wildman–Crippen MR) is 294 cm³/mol. The molecule has 1 fully saturated rings. The van der Waals surface area contributed by atoms with E-state index in [0.717, 1.165) is 16.5 Å². The van der Waals surface area contributed by atoms with E-state index in [0.29, 0.717) is 36.8 Å². The average molecular weight is 1090 g/mol. The lowest BCUT2D eigenvalue weighted by atomic mass is 9.92. The summed E-state index contributed by atoms with van der Waals surface area (Å²) in [5.74, 6) is -6.50. The van der Waals surface area contributed by atoms with Gasteiger partial charge in [-0.2, -0.15) is 25.3 Å². The number of rotatable bonds is 28. The molecule has 3 aromatic carbocycles. The normalized spacial score (nSPS) is 16.3. The maximum Gasteiger partial charge on any atom is 0.246 e. The van der Waals surface area contributed by atoms with Gasteiger partial charge in [0.1, 0.15) is 47.5 Å². The van der Waals surface area contributed by atoms with Gasteiger partial charge in [-0.3, -0.25) is 38.4 Å². The topological polar surface area (TPSA) is 355 Å². The van der Waals surface area contributed by atoms with Crippen LogP contribution in [0.1, 0.15) is 82.4 Å². The summed E-state index contributed by atoms with van der Waals surface area (Å²) in [6.07, 6.45) is 2.57. The zero-order chi connectivity index (χ0) is 55.7. The van der Waals surface area contributed by atoms with Gasteiger partial charge in [0.15, 0.2) is 0 Å². The number of aliphatic hydroxyl groups excluding tert-OH is 1. The quantitative estimate of drug-likeness (QED) is 0.0268. The van der Waals surface area contributed by atoms with Gasteiger partial charge in [-0.25, -0.2) is 0 Å². The van der Waals surface area contributed by atoms with Crippen molar-refractivity contribution in [3.05, 3.63) is 102 Å². The molecule has 0 saturated heterocycles. The number of unbranched alkanes of at least 4 members (excludes halogenated alkanes) is 1. The molecule has 23 heteroatoms. The minimum atomic E-state index is -1.56. The number of aliphatic hydroxyl groups is 1. The molecular weight excluding hydrogens is 1010 g/mol. The number of fused-ring (bicyclic) bond motifs is 1. The van der Waals surface area contributed by atoms with Crippen LogP contribution in [0.2, 0.25) is 0 Å². The van der Waals surface area contributed by atoms with E-state index in [4.69, 9.17) is 17.2 Å². The second-order valence-electron chi connectivity index (χ2n) is 19.9. The van der Waals surface area contributed by atoms with E-state index < -0.39 is 106 Å². The molecule has 0 bridgehead atoms. The smallest absolute Gasteiger partial charge is 0.246 e. The molecule has 0 aliphatic heterocycles. The highest BCUT2D eigenvalue weighted by Crippen LogP contribution is 2.32. The average Bonchev–Trinajstić information content (AvgIpc) is 4.03. The molecule has 1 aliphatic rings. The Morgan fingerprint density at radius 1 is 0.697 bits per heavy atom. The zero-order valence-corrected chi connectivity index (χ0v) is 44.8. The first-order chi connectivity index (χ1) is 36.0. The summed E-state index contributed by atoms with van der Waals surface area (Å²) in [5.41, 5.74) is 18.7. The van der Waals surface area contributed by atoms with E-state index >= 15 is 0 Å². The van der Waals surface area contributed by atoms with Gasteiger partial charge >= 0.3 is 0 Å². The van der Waals surface area contributed by atoms with Crippen LogP contribution in [0.15, 0.2) is 85.1 Å². The second-order valence-corrected chi connectivity index (χ2v) is 21.4. The monoisotopic (exact) mass is 1090 g/mol. The van der Waals surface area contributed by atoms with Gasteiger partial charge in [-0.15, -0.1) is 0 Å². The van der Waals surface area contributed by atoms with E-state index in [1.807, 2.05) is 54.6 Å². The van der Waals surface area contributed by atoms with Crippen LogP contribution >= 0.6 is 25.3 Å². The molecular formula is C53H73N11O10S2. The lowest BCUT2D eigenvalue weighted by Crippen LogP contribution is -2.67. The van der Waals surface area contributed by atoms with Gasteiger partial charge in [0.05, 0.1) is 12.1 Å². The molecule has 0 radical (unpaired) electrons. The number of nitrogens with one attached hydrogen (secondary N) is 8. The molecule has 1 aromatic heterocycles. The SMILES string of the molecule is C[C@@H](O)[C@H](NC(=O)[C@@H](NC(=O)C1(NC(=O)[C@H](CCCCN)NC(=O)[C@@H](Cc2c[nH]c3ccccc23)NC(=O)[C@H](Cc2ccc(O)cc2)NC(=O)[C@H](CS)NC(=O)[C@H](N)Cc2ccccc2)CCCC1)C(C)(C)S)C(N)=O. The van der Waals surface area contributed by atoms with Crippen LogP contribution in [-0.2, 0) is 57.6 Å². The second kappa shape index (κ2) is 27.9. The third-order valence-electron chi connectivity index (χ3n) is 13.4. The number of aromatic hydroxyl groups is 1. The fraction of sp³-hybridized carbons (Fsp3) is 0.472. The fourth-order valence-corrected chi connectivity index (χ4v) is 9.47. The van der Waals surface area contributed by atoms with Gasteiger partial charge in [0.25, 0.3) is 0 Å². The number of H-pyrrole nitrogens is 1. The number of aromatic nitrogens is 1. The maximum atomic E-state index is 14.9. The third kappa shape index (κ3) is 16.9. The first-order valence-electron chi connectivity index (χ1n) is 25.3. The molecule has 412 valence electrons. The first-order valence-corrected chi connectivity index (χ1v) is 26.4. The molecule has 5 rings (SSSR count). The van der Waals surface area contributed by atoms with Gasteiger partial charge in [0, 0.05) is 40.4 Å². The van der Waals surface area contributed by atoms with Gasteiger partial charge < -0.3 is 69.6 Å². The van der Waals surface area contributed by atoms with Crippen LogP contribution in [0.4, 0.5) is 0 Å². The summed E-state index contributed by atoms with van der Waals surface area (Å²) in [6, 6.07) is 13.2. The Balaban J connectivity index is 1.43. The number of phenolic OH excluding ortho intramolecular Hbond substituents is 1. The van der Waals surface area contributed by atoms with Crippen molar-refractivity contribution in [2.45, 2.75) is 144 Å². The number of thiol groups is 2. The van der Waals surface area contributed by atoms with E-state index in [-0.39, 0.29) is 56.6 Å². The molecule has 1 saturated carbocycles. The number of carbonyl (C=O) groups excluding carboxylic acids is 8. The van der Waals surface area contributed by atoms with E-state index in [1.54, 1.807) is 32.2 Å². The Morgan fingerprint density at radius 3 is 1.86 bits per heavy atom. The standard InChI is InChI=1S/C53H73N11O10S2/c1-30(65)42(44(56)67)62-50(73)43(52(2,3)76)63-51(74)53(22-10-11-23-53)64-49(72)38(17-9-12-24-54)58-47(70)40(27-33-28-57-37-16-8-7-15-35(33)37)60-46(69)39(26-32-18-20-34(66)21-19-32)59-48(71)41(29-75)61-45(68)36(55)25-31-13-5-4-6-14-31/h4-8,13-16,18-21,28,30,36,38-43,57,65-66,75-76H,9-12,17,22-27,29,54-55H2,1-3H3,(H2,56,67)(H,58,70)(H,59,71)(H,60,69)(H,61,68)(H,62,73)(H,63,74)(H,64,72)/t30-,36-,38+,39+,40-,41+,42+,43-/m1/s1. The van der Waals surface area contributed by atoms with Crippen molar-refractivity contribution in [1.29, 1.82) is 0 Å². The lowest BCUT2D eigenvalue weighted by molar-refractivity contribution is -0.138. The fourth-order valence-electron chi connectivity index (χ4n) is 9.03. The number of hydrogen-bond donors (Lipinski definition) is 15. The molecule has 1 aliphatic carbocycles. The third-order valence-corrected chi connectivity index (χ3v) is 14.0. The number of nitrogens with two attached hydrogens (primary N) is 3. The summed E-state index contributed by atoms with van der Waals surface area (Å²) in [4.78, 5) is 115. The van der Waals surface area contributed by atoms with Crippen LogP contribution in [0.5, 0.6) is 5.75 Å². The van der Waals surface area contributed by atoms with Gasteiger partial charge in [0.2, 0.25) is 47.3 Å². The van der Waals surface area contributed by atoms with Crippen LogP contribution < -0.4 is 54.4 Å². The molecule has 8 atom stereocenters. The number of para-hydroxylation sites is 1. The molecule has 76 heavy (non-hydrogen) atoms. The lowest BCUT2D eigenvalue weighted by Gasteiger charge is -2.36. The summed E-state index contributed by atoms with van der Waals surface area (Å²) < 4.78 is -1.24. The predicted octanol–water partition coefficient (Wildman–Crippen LogP) is 0.200. The van der Waals surface area contributed by atoms with E-state index in [2.05, 4.69) is 67.5 Å². The Kier molecular flexibility index (Phi) is 22.1. The first kappa shape index (κ1) is 60.2. The highest BCUT2D eigenvalue weighted by molar-refractivity contribution is 7.81. The zero-order valence-electron chi connectivity index (χ0n) is 43.0. The van der Waals surface area contributed by atoms with Gasteiger partial charge in [-0.1, -0.05) is 73.5 Å². The van der Waals surface area contributed by atoms with Crippen LogP contribution in [-0.4, -0.2) is 133 Å². The summed E-state index contributed by atoms with van der Waals surface area (Å²) in [7, 11) is 0. The van der Waals surface area contributed by atoms with Crippen molar-refractivity contribution in [3.8, 4) is 5.75 Å². The van der Waals surface area contributed by atoms with Crippen molar-refractivity contribution >= 4 is 83.4 Å². The van der Waals surface area contributed by atoms with Gasteiger partial charge in [-0.05, 0) is 101 Å². The Bertz CT molecular complexity index is 2640. The number of amides is 8. The van der Waals surface area contributed by atoms with Crippen LogP contribution in [0.3, 0.4) is 0 Å². The Labute approximate surface area is 453 Å². The minimum Gasteiger partial charge on any atom is -0.508 e. The summed E-state index contributed by atoms with van der Waals surface area (Å²) in [5, 5.41) is 39.9. The van der Waals surface area contributed by atoms with Crippen molar-refractivity contribution in [3.63, 3.8) is 0 Å². The number of carbonyl (C=O) groups is 8. The highest BCUT2D eigenvalue weighted by atomic mass is 32.1. The minimum absolute atomic E-state index is 0.0413. The van der Waals surface area contributed by atoms with Crippen molar-refractivity contribution in [2.75, 3.05) is 12.3 Å². The van der Waals surface area contributed by atoms with Crippen molar-refractivity contribution < 1.29 is 48.6 Å². The molecule has 21 nitrogen and oxygen atoms in total. The van der Waals surface area contributed by atoms with Crippen LogP contribution in [0.25, 0.3) is 10.9 Å². The maximum absolute atomic E-state index is 14.9. The highest BCUT2D eigenvalue weighted by Gasteiger charge is 2.47. The Hall–Kier alpha value is -6.66. The number of hydrogen-bond acceptors (Lipinski definition) is 14. The number of phenols is 1. The Morgan fingerprint density at radius 2 is 1.26 bits per heavy atom. The molecule has 16 N–H and O–H groups in total. The molecule has 0 unspecified atom stereocenters. The van der Waals surface area contributed by atoms with Crippen molar-refractivity contribution in [2.24, 2.45) is 17.2 Å². The van der Waals surface area contributed by atoms with E-state index in [1.165, 1.54) is 19.1 Å². The largest absolute Gasteiger partial charge is 0.508 e. The summed E-state index contributed by atoms with van der Waals surface area (Å²) in [6.45, 7) is 4.66. The molecule has 4 aromatic rings. The number of aromatic amines is 1. The molecule has 0 spiro atoms. The summed E-state index contributed by atoms with van der Waals surface area (Å²) >= 11 is 8.89. The van der Waals surface area contributed by atoms with E-state index in [9.17, 15) is 48.6 Å². The number of primary amides is 1.